The Kier molecular flexibility index (Phi) is 6.55. The third-order valence-corrected chi connectivity index (χ3v) is 6.01. The summed E-state index contributed by atoms with van der Waals surface area (Å²) in [5.74, 6) is 0.789. The van der Waals surface area contributed by atoms with Crippen LogP contribution in [0.5, 0.6) is 0 Å². The van der Waals surface area contributed by atoms with Crippen molar-refractivity contribution in [2.24, 2.45) is 0 Å². The maximum atomic E-state index is 12.2. The van der Waals surface area contributed by atoms with Crippen LogP contribution in [0.1, 0.15) is 6.42 Å². The first-order valence-corrected chi connectivity index (χ1v) is 9.94. The maximum absolute atomic E-state index is 12.2. The Labute approximate surface area is 141 Å². The van der Waals surface area contributed by atoms with Crippen molar-refractivity contribution in [2.75, 3.05) is 32.1 Å². The molecule has 0 aliphatic rings. The Hall–Kier alpha value is -1.45. The van der Waals surface area contributed by atoms with Gasteiger partial charge in [-0.15, -0.1) is 5.10 Å². The zero-order valence-corrected chi connectivity index (χ0v) is 14.9. The van der Waals surface area contributed by atoms with Crippen LogP contribution in [0.2, 0.25) is 0 Å². The Morgan fingerprint density at radius 1 is 1.22 bits per heavy atom. The van der Waals surface area contributed by atoms with Gasteiger partial charge < -0.3 is 4.90 Å². The quantitative estimate of drug-likeness (QED) is 0.494. The van der Waals surface area contributed by atoms with Gasteiger partial charge in [0.1, 0.15) is 0 Å². The molecule has 0 N–H and O–H groups in total. The summed E-state index contributed by atoms with van der Waals surface area (Å²) in [6, 6.07) is 8.54. The van der Waals surface area contributed by atoms with Crippen LogP contribution in [0.15, 0.2) is 40.4 Å². The van der Waals surface area contributed by atoms with E-state index in [0.29, 0.717) is 23.6 Å². The van der Waals surface area contributed by atoms with Gasteiger partial charge in [-0.25, -0.2) is 13.1 Å². The van der Waals surface area contributed by atoms with Crippen LogP contribution >= 0.6 is 11.8 Å². The van der Waals surface area contributed by atoms with Gasteiger partial charge in [-0.2, -0.15) is 0 Å². The lowest BCUT2D eigenvalue weighted by molar-refractivity contribution is 0.361. The van der Waals surface area contributed by atoms with Crippen LogP contribution in [-0.2, 0) is 16.4 Å². The molecular weight excluding hydrogens is 334 g/mol. The van der Waals surface area contributed by atoms with E-state index < -0.39 is 9.84 Å². The molecule has 2 aromatic rings. The van der Waals surface area contributed by atoms with E-state index in [4.69, 9.17) is 0 Å². The van der Waals surface area contributed by atoms with E-state index in [1.54, 1.807) is 28.9 Å². The number of thioether (sulfide) groups is 1. The first kappa shape index (κ1) is 17.9. The van der Waals surface area contributed by atoms with E-state index in [1.165, 1.54) is 11.8 Å². The zero-order chi connectivity index (χ0) is 16.7. The van der Waals surface area contributed by atoms with Crippen LogP contribution in [0.25, 0.3) is 0 Å². The fraction of sp³-hybridized carbons (Fsp3) is 0.500. The molecule has 0 aliphatic carbocycles. The standard InChI is InChI=1S/C14H21N5O2S2/c1-18(2)9-10-19-14(15-16-17-19)22-11-6-12-23(20,21)13-7-4-3-5-8-13/h3-5,7-8H,6,9-12H2,1-2H3. The van der Waals surface area contributed by atoms with Gasteiger partial charge in [0.2, 0.25) is 5.16 Å². The van der Waals surface area contributed by atoms with Gasteiger partial charge >= 0.3 is 0 Å². The van der Waals surface area contributed by atoms with Gasteiger partial charge in [-0.05, 0) is 43.1 Å². The molecule has 0 unspecified atom stereocenters. The highest BCUT2D eigenvalue weighted by Gasteiger charge is 2.14. The minimum Gasteiger partial charge on any atom is -0.308 e. The highest BCUT2D eigenvalue weighted by atomic mass is 32.2. The lowest BCUT2D eigenvalue weighted by Crippen LogP contribution is -2.19. The number of hydrogen-bond donors (Lipinski definition) is 0. The van der Waals surface area contributed by atoms with Crippen LogP contribution in [0.3, 0.4) is 0 Å². The van der Waals surface area contributed by atoms with Crippen LogP contribution in [-0.4, -0.2) is 65.7 Å². The smallest absolute Gasteiger partial charge is 0.209 e. The third-order valence-electron chi connectivity index (χ3n) is 3.15. The Morgan fingerprint density at radius 3 is 2.65 bits per heavy atom. The molecule has 0 saturated carbocycles. The predicted octanol–water partition coefficient (Wildman–Crippen LogP) is 1.19. The molecule has 1 heterocycles. The Morgan fingerprint density at radius 2 is 1.96 bits per heavy atom. The van der Waals surface area contributed by atoms with Crippen molar-refractivity contribution in [1.29, 1.82) is 0 Å². The number of likely N-dealkylation sites (N-methyl/N-ethyl adjacent to an activating group) is 1. The molecule has 0 bridgehead atoms. The van der Waals surface area contributed by atoms with Crippen molar-refractivity contribution in [1.82, 2.24) is 25.1 Å². The molecule has 0 fully saturated rings. The molecule has 1 aromatic carbocycles. The van der Waals surface area contributed by atoms with E-state index in [-0.39, 0.29) is 5.75 Å². The molecule has 0 saturated heterocycles. The third kappa shape index (κ3) is 5.60. The van der Waals surface area contributed by atoms with Gasteiger partial charge in [-0.3, -0.25) is 0 Å². The summed E-state index contributed by atoms with van der Waals surface area (Å²) < 4.78 is 26.1. The van der Waals surface area contributed by atoms with E-state index >= 15 is 0 Å². The molecule has 0 radical (unpaired) electrons. The highest BCUT2D eigenvalue weighted by Crippen LogP contribution is 2.17. The lowest BCUT2D eigenvalue weighted by Gasteiger charge is -2.09. The molecule has 2 rings (SSSR count). The SMILES string of the molecule is CN(C)CCn1nnnc1SCCCS(=O)(=O)c1ccccc1. The molecule has 7 nitrogen and oxygen atoms in total. The van der Waals surface area contributed by atoms with E-state index in [2.05, 4.69) is 20.4 Å². The van der Waals surface area contributed by atoms with Gasteiger partial charge in [0.25, 0.3) is 0 Å². The average Bonchev–Trinajstić information content (AvgIpc) is 2.98. The van der Waals surface area contributed by atoms with Crippen molar-refractivity contribution < 1.29 is 8.42 Å². The van der Waals surface area contributed by atoms with Gasteiger partial charge in [0, 0.05) is 12.3 Å². The molecule has 1 aromatic heterocycles. The van der Waals surface area contributed by atoms with Crippen molar-refractivity contribution in [2.45, 2.75) is 23.0 Å². The number of tetrazole rings is 1. The molecule has 0 atom stereocenters. The number of nitrogens with zero attached hydrogens (tertiary/aromatic N) is 5. The van der Waals surface area contributed by atoms with Gasteiger partial charge in [0.15, 0.2) is 9.84 Å². The largest absolute Gasteiger partial charge is 0.308 e. The Bertz CT molecular complexity index is 701. The molecule has 0 spiro atoms. The fourth-order valence-electron chi connectivity index (χ4n) is 1.89. The average molecular weight is 355 g/mol. The summed E-state index contributed by atoms with van der Waals surface area (Å²) in [5.41, 5.74) is 0. The molecule has 9 heteroatoms. The number of benzene rings is 1. The van der Waals surface area contributed by atoms with E-state index in [1.807, 2.05) is 20.2 Å². The van der Waals surface area contributed by atoms with Crippen molar-refractivity contribution in [3.8, 4) is 0 Å². The summed E-state index contributed by atoms with van der Waals surface area (Å²) in [4.78, 5) is 2.43. The second-order valence-corrected chi connectivity index (χ2v) is 8.49. The predicted molar refractivity (Wildman–Crippen MR) is 90.2 cm³/mol. The number of rotatable bonds is 9. The minimum atomic E-state index is -3.21. The molecule has 126 valence electrons. The van der Waals surface area contributed by atoms with Gasteiger partial charge in [-0.1, -0.05) is 30.0 Å². The Balaban J connectivity index is 1.81. The summed E-state index contributed by atoms with van der Waals surface area (Å²) in [6.45, 7) is 1.56. The number of sulfone groups is 1. The number of aromatic nitrogens is 4. The maximum Gasteiger partial charge on any atom is 0.209 e. The minimum absolute atomic E-state index is 0.128. The first-order chi connectivity index (χ1) is 11.0. The fourth-order valence-corrected chi connectivity index (χ4v) is 4.25. The monoisotopic (exact) mass is 355 g/mol. The molecule has 0 aliphatic heterocycles. The molecule has 23 heavy (non-hydrogen) atoms. The summed E-state index contributed by atoms with van der Waals surface area (Å²) in [7, 11) is 0.772. The van der Waals surface area contributed by atoms with Crippen LogP contribution in [0.4, 0.5) is 0 Å². The molecular formula is C14H21N5O2S2. The molecule has 0 amide bonds. The summed E-state index contributed by atoms with van der Waals surface area (Å²) in [6.07, 6.45) is 0.558. The topological polar surface area (TPSA) is 81.0 Å². The lowest BCUT2D eigenvalue weighted by atomic mass is 10.4. The summed E-state index contributed by atoms with van der Waals surface area (Å²) >= 11 is 1.49. The van der Waals surface area contributed by atoms with Crippen LogP contribution in [0, 0.1) is 0 Å². The van der Waals surface area contributed by atoms with E-state index in [0.717, 1.165) is 11.7 Å². The normalized spacial score (nSPS) is 12.0. The van der Waals surface area contributed by atoms with Crippen LogP contribution < -0.4 is 0 Å². The zero-order valence-electron chi connectivity index (χ0n) is 13.3. The van der Waals surface area contributed by atoms with Crippen molar-refractivity contribution >= 4 is 21.6 Å². The highest BCUT2D eigenvalue weighted by molar-refractivity contribution is 7.99. The first-order valence-electron chi connectivity index (χ1n) is 7.30. The van der Waals surface area contributed by atoms with E-state index in [9.17, 15) is 8.42 Å². The summed E-state index contributed by atoms with van der Waals surface area (Å²) in [5, 5.41) is 12.3. The second kappa shape index (κ2) is 8.42. The van der Waals surface area contributed by atoms with Gasteiger partial charge in [0.05, 0.1) is 17.2 Å². The van der Waals surface area contributed by atoms with Crippen molar-refractivity contribution in [3.63, 3.8) is 0 Å². The second-order valence-electron chi connectivity index (χ2n) is 5.32. The number of hydrogen-bond acceptors (Lipinski definition) is 7. The van der Waals surface area contributed by atoms with Crippen molar-refractivity contribution in [3.05, 3.63) is 30.3 Å².